The minimum atomic E-state index is 0.319. The molecule has 0 spiro atoms. The summed E-state index contributed by atoms with van der Waals surface area (Å²) in [7, 11) is 1.49. The molecule has 3 aromatic rings. The van der Waals surface area contributed by atoms with E-state index < -0.39 is 0 Å². The number of ether oxygens (including phenoxy) is 1. The van der Waals surface area contributed by atoms with Crippen LogP contribution < -0.4 is 4.74 Å². The average Bonchev–Trinajstić information content (AvgIpc) is 2.74. The van der Waals surface area contributed by atoms with Crippen molar-refractivity contribution in [1.82, 2.24) is 4.98 Å². The van der Waals surface area contributed by atoms with Crippen molar-refractivity contribution in [3.8, 4) is 5.88 Å². The van der Waals surface area contributed by atoms with Gasteiger partial charge in [-0.2, -0.15) is 0 Å². The number of fused-ring (bicyclic) bond motifs is 3. The van der Waals surface area contributed by atoms with Gasteiger partial charge in [0, 0.05) is 5.39 Å². The Labute approximate surface area is 96.8 Å². The molecular weight excluding hydrogens is 218 g/mol. The second kappa shape index (κ2) is 3.59. The van der Waals surface area contributed by atoms with Gasteiger partial charge in [0.15, 0.2) is 11.9 Å². The van der Waals surface area contributed by atoms with Crippen LogP contribution in [-0.4, -0.2) is 18.4 Å². The Morgan fingerprint density at radius 1 is 1.29 bits per heavy atom. The molecule has 0 N–H and O–H groups in total. The van der Waals surface area contributed by atoms with Gasteiger partial charge in [-0.05, 0) is 18.2 Å². The minimum Gasteiger partial charge on any atom is -0.480 e. The van der Waals surface area contributed by atoms with Crippen LogP contribution in [0.25, 0.3) is 22.1 Å². The van der Waals surface area contributed by atoms with Gasteiger partial charge in [-0.1, -0.05) is 12.1 Å². The summed E-state index contributed by atoms with van der Waals surface area (Å²) in [6.07, 6.45) is 0.707. The first kappa shape index (κ1) is 9.84. The third-order valence-electron chi connectivity index (χ3n) is 2.66. The maximum Gasteiger partial charge on any atom is 0.224 e. The van der Waals surface area contributed by atoms with E-state index in [1.165, 1.54) is 7.11 Å². The molecule has 0 amide bonds. The molecule has 2 heterocycles. The third-order valence-corrected chi connectivity index (χ3v) is 2.66. The Bertz CT molecular complexity index is 715. The van der Waals surface area contributed by atoms with Crippen molar-refractivity contribution in [2.45, 2.75) is 0 Å². The highest BCUT2D eigenvalue weighted by Crippen LogP contribution is 2.30. The monoisotopic (exact) mass is 227 g/mol. The molecule has 2 aromatic heterocycles. The summed E-state index contributed by atoms with van der Waals surface area (Å²) in [5.41, 5.74) is 2.44. The molecule has 3 rings (SSSR count). The van der Waals surface area contributed by atoms with Gasteiger partial charge in [0.25, 0.3) is 0 Å². The summed E-state index contributed by atoms with van der Waals surface area (Å²) in [4.78, 5) is 15.2. The van der Waals surface area contributed by atoms with Crippen molar-refractivity contribution in [1.29, 1.82) is 0 Å². The predicted molar refractivity (Wildman–Crippen MR) is 63.5 cm³/mol. The van der Waals surface area contributed by atoms with E-state index in [0.29, 0.717) is 28.8 Å². The van der Waals surface area contributed by atoms with Crippen LogP contribution in [0.2, 0.25) is 0 Å². The van der Waals surface area contributed by atoms with E-state index in [9.17, 15) is 4.79 Å². The number of hydrogen-bond donors (Lipinski definition) is 0. The smallest absolute Gasteiger partial charge is 0.224 e. The molecule has 0 atom stereocenters. The molecule has 0 aliphatic rings. The molecule has 0 aliphatic heterocycles. The Kier molecular flexibility index (Phi) is 2.08. The van der Waals surface area contributed by atoms with Crippen LogP contribution >= 0.6 is 0 Å². The van der Waals surface area contributed by atoms with E-state index in [1.54, 1.807) is 6.07 Å². The summed E-state index contributed by atoms with van der Waals surface area (Å²) in [5.74, 6) is 0.319. The number of aromatic nitrogens is 1. The molecule has 0 radical (unpaired) electrons. The van der Waals surface area contributed by atoms with Crippen molar-refractivity contribution in [3.63, 3.8) is 0 Å². The maximum absolute atomic E-state index is 10.9. The standard InChI is InChI=1S/C13H9NO3/c1-16-13-8(7-15)6-11-12(14-13)9-4-2-3-5-10(9)17-11/h2-7H,1H3. The number of hydrogen-bond acceptors (Lipinski definition) is 4. The molecule has 0 saturated heterocycles. The summed E-state index contributed by atoms with van der Waals surface area (Å²) in [6, 6.07) is 9.24. The Balaban J connectivity index is 2.45. The number of carbonyl (C=O) groups excluding carboxylic acids is 1. The lowest BCUT2D eigenvalue weighted by Crippen LogP contribution is -1.93. The largest absolute Gasteiger partial charge is 0.480 e. The molecule has 1 aromatic carbocycles. The number of aldehydes is 1. The first-order valence-electron chi connectivity index (χ1n) is 5.15. The van der Waals surface area contributed by atoms with E-state index in [2.05, 4.69) is 4.98 Å². The van der Waals surface area contributed by atoms with Gasteiger partial charge in [-0.25, -0.2) is 4.98 Å². The number of benzene rings is 1. The van der Waals surface area contributed by atoms with Gasteiger partial charge in [-0.15, -0.1) is 0 Å². The lowest BCUT2D eigenvalue weighted by atomic mass is 10.2. The van der Waals surface area contributed by atoms with E-state index in [1.807, 2.05) is 24.3 Å². The van der Waals surface area contributed by atoms with Crippen LogP contribution in [0, 0.1) is 0 Å². The normalized spacial score (nSPS) is 10.9. The fourth-order valence-electron chi connectivity index (χ4n) is 1.88. The third kappa shape index (κ3) is 1.38. The zero-order valence-electron chi connectivity index (χ0n) is 9.14. The average molecular weight is 227 g/mol. The van der Waals surface area contributed by atoms with Crippen LogP contribution in [0.15, 0.2) is 34.7 Å². The number of furan rings is 1. The number of nitrogens with zero attached hydrogens (tertiary/aromatic N) is 1. The molecule has 17 heavy (non-hydrogen) atoms. The van der Waals surface area contributed by atoms with E-state index >= 15 is 0 Å². The molecule has 84 valence electrons. The molecule has 0 fully saturated rings. The van der Waals surface area contributed by atoms with Crippen LogP contribution in [0.4, 0.5) is 0 Å². The molecule has 4 nitrogen and oxygen atoms in total. The minimum absolute atomic E-state index is 0.319. The number of carbonyl (C=O) groups is 1. The van der Waals surface area contributed by atoms with E-state index in [4.69, 9.17) is 9.15 Å². The molecule has 0 saturated carbocycles. The zero-order valence-corrected chi connectivity index (χ0v) is 9.14. The van der Waals surface area contributed by atoms with Gasteiger partial charge in [0.1, 0.15) is 11.1 Å². The lowest BCUT2D eigenvalue weighted by Gasteiger charge is -2.00. The van der Waals surface area contributed by atoms with E-state index in [0.717, 1.165) is 11.0 Å². The molecule has 0 unspecified atom stereocenters. The van der Waals surface area contributed by atoms with Crippen molar-refractivity contribution < 1.29 is 13.9 Å². The molecule has 4 heteroatoms. The van der Waals surface area contributed by atoms with Crippen LogP contribution in [0.5, 0.6) is 5.88 Å². The van der Waals surface area contributed by atoms with Crippen molar-refractivity contribution in [2.24, 2.45) is 0 Å². The summed E-state index contributed by atoms with van der Waals surface area (Å²) < 4.78 is 10.7. The Morgan fingerprint density at radius 2 is 2.12 bits per heavy atom. The molecule has 0 aliphatic carbocycles. The summed E-state index contributed by atoms with van der Waals surface area (Å²) in [5, 5.41) is 0.915. The summed E-state index contributed by atoms with van der Waals surface area (Å²) >= 11 is 0. The quantitative estimate of drug-likeness (QED) is 0.631. The SMILES string of the molecule is COc1nc2c(cc1C=O)oc1ccccc12. The van der Waals surface area contributed by atoms with Gasteiger partial charge in [-0.3, -0.25) is 4.79 Å². The molecular formula is C13H9NO3. The first-order valence-corrected chi connectivity index (χ1v) is 5.15. The number of rotatable bonds is 2. The summed E-state index contributed by atoms with van der Waals surface area (Å²) in [6.45, 7) is 0. The topological polar surface area (TPSA) is 52.3 Å². The van der Waals surface area contributed by atoms with E-state index in [-0.39, 0.29) is 0 Å². The van der Waals surface area contributed by atoms with Crippen LogP contribution in [0.3, 0.4) is 0 Å². The van der Waals surface area contributed by atoms with Gasteiger partial charge in [0.2, 0.25) is 5.88 Å². The highest BCUT2D eigenvalue weighted by Gasteiger charge is 2.12. The lowest BCUT2D eigenvalue weighted by molar-refractivity contribution is 0.112. The fraction of sp³-hybridized carbons (Fsp3) is 0.0769. The van der Waals surface area contributed by atoms with Gasteiger partial charge in [0.05, 0.1) is 12.7 Å². The maximum atomic E-state index is 10.9. The second-order valence-electron chi connectivity index (χ2n) is 3.65. The van der Waals surface area contributed by atoms with Gasteiger partial charge < -0.3 is 9.15 Å². The fourth-order valence-corrected chi connectivity index (χ4v) is 1.88. The molecule has 0 bridgehead atoms. The number of methoxy groups -OCH3 is 1. The zero-order chi connectivity index (χ0) is 11.8. The van der Waals surface area contributed by atoms with Crippen LogP contribution in [0.1, 0.15) is 10.4 Å². The predicted octanol–water partition coefficient (Wildman–Crippen LogP) is 2.80. The first-order chi connectivity index (χ1) is 8.33. The Morgan fingerprint density at radius 3 is 2.88 bits per heavy atom. The Hall–Kier alpha value is -2.36. The highest BCUT2D eigenvalue weighted by atomic mass is 16.5. The number of pyridine rings is 1. The highest BCUT2D eigenvalue weighted by molar-refractivity contribution is 6.03. The van der Waals surface area contributed by atoms with Crippen molar-refractivity contribution in [2.75, 3.05) is 7.11 Å². The van der Waals surface area contributed by atoms with Crippen molar-refractivity contribution in [3.05, 3.63) is 35.9 Å². The van der Waals surface area contributed by atoms with Crippen LogP contribution in [-0.2, 0) is 0 Å². The van der Waals surface area contributed by atoms with Gasteiger partial charge >= 0.3 is 0 Å². The van der Waals surface area contributed by atoms with Crippen molar-refractivity contribution >= 4 is 28.4 Å². The number of para-hydroxylation sites is 1. The second-order valence-corrected chi connectivity index (χ2v) is 3.65.